The third kappa shape index (κ3) is 3.90. The van der Waals surface area contributed by atoms with E-state index in [-0.39, 0.29) is 21.2 Å². The second-order valence-electron chi connectivity index (χ2n) is 7.02. The lowest BCUT2D eigenvalue weighted by atomic mass is 10.0. The molecule has 1 aromatic carbocycles. The number of rotatable bonds is 5. The molecule has 2 aliphatic heterocycles. The van der Waals surface area contributed by atoms with E-state index in [2.05, 4.69) is 20.4 Å². The zero-order chi connectivity index (χ0) is 22.1. The summed E-state index contributed by atoms with van der Waals surface area (Å²) < 4.78 is 26.2. The largest absolute Gasteiger partial charge is 0.351 e. The van der Waals surface area contributed by atoms with Gasteiger partial charge >= 0.3 is 6.03 Å². The molecular weight excluding hydrogens is 416 g/mol. The molecule has 2 aliphatic rings. The lowest BCUT2D eigenvalue weighted by Crippen LogP contribution is -2.48. The highest BCUT2D eigenvalue weighted by molar-refractivity contribution is 7.91. The van der Waals surface area contributed by atoms with Crippen molar-refractivity contribution >= 4 is 33.2 Å². The van der Waals surface area contributed by atoms with Crippen LogP contribution in [0.25, 0.3) is 5.57 Å². The van der Waals surface area contributed by atoms with Crippen LogP contribution >= 0.6 is 0 Å². The SMILES string of the molecule is CC[N+]12N=C(NC(N)=O)N=C1C=C(c1cccnc1)C=C2CS(=O)(=O)c1ccccc1. The molecule has 9 nitrogen and oxygen atoms in total. The number of aliphatic imine (C=N–C) groups is 1. The van der Waals surface area contributed by atoms with Gasteiger partial charge in [0.15, 0.2) is 15.5 Å². The van der Waals surface area contributed by atoms with Crippen LogP contribution in [0.3, 0.4) is 0 Å². The standard InChI is InChI=1S/C21H20N6O3S/c1-2-27-17(14-31(29,30)18-8-4-3-5-9-18)11-16(15-7-6-10-23-13-15)12-19(27)24-21(26-27)25-20(22)28/h3-13H,2,14H2,1H3,(H2-,22,25,26,28)/p+1. The van der Waals surface area contributed by atoms with E-state index >= 15 is 0 Å². The van der Waals surface area contributed by atoms with Gasteiger partial charge in [0, 0.05) is 30.1 Å². The number of likely N-dealkylation sites (N-methyl/N-ethyl adjacent to an activating group) is 1. The summed E-state index contributed by atoms with van der Waals surface area (Å²) in [6, 6.07) is 11.1. The summed E-state index contributed by atoms with van der Waals surface area (Å²) in [5, 5.41) is 6.93. The van der Waals surface area contributed by atoms with Gasteiger partial charge in [-0.15, -0.1) is 4.59 Å². The fourth-order valence-electron chi connectivity index (χ4n) is 3.60. The lowest BCUT2D eigenvalue weighted by molar-refractivity contribution is -0.803. The maximum Gasteiger partial charge on any atom is 0.319 e. The van der Waals surface area contributed by atoms with Gasteiger partial charge < -0.3 is 5.73 Å². The van der Waals surface area contributed by atoms with Crippen LogP contribution in [-0.4, -0.2) is 48.1 Å². The highest BCUT2D eigenvalue weighted by Crippen LogP contribution is 2.35. The van der Waals surface area contributed by atoms with Gasteiger partial charge in [-0.2, -0.15) is 4.99 Å². The Morgan fingerprint density at radius 1 is 1.13 bits per heavy atom. The number of urea groups is 1. The molecule has 31 heavy (non-hydrogen) atoms. The number of sulfone groups is 1. The van der Waals surface area contributed by atoms with Crippen LogP contribution < -0.4 is 11.1 Å². The van der Waals surface area contributed by atoms with E-state index in [9.17, 15) is 13.2 Å². The first-order valence-electron chi connectivity index (χ1n) is 9.59. The molecule has 2 aromatic rings. The second kappa shape index (κ2) is 7.89. The summed E-state index contributed by atoms with van der Waals surface area (Å²) in [4.78, 5) is 20.1. The molecule has 3 N–H and O–H groups in total. The molecule has 158 valence electrons. The van der Waals surface area contributed by atoms with Crippen molar-refractivity contribution in [3.63, 3.8) is 0 Å². The number of hydrogen-bond acceptors (Lipinski definition) is 6. The number of quaternary nitrogens is 1. The molecule has 1 aromatic heterocycles. The number of guanidine groups is 1. The summed E-state index contributed by atoms with van der Waals surface area (Å²) in [5.74, 6) is 0.261. The average Bonchev–Trinajstić information content (AvgIpc) is 3.12. The Balaban J connectivity index is 1.84. The molecule has 0 spiro atoms. The smallest absolute Gasteiger partial charge is 0.319 e. The van der Waals surface area contributed by atoms with E-state index in [0.717, 1.165) is 11.1 Å². The number of nitrogens with zero attached hydrogens (tertiary/aromatic N) is 4. The quantitative estimate of drug-likeness (QED) is 0.694. The van der Waals surface area contributed by atoms with Crippen molar-refractivity contribution in [2.75, 3.05) is 12.3 Å². The van der Waals surface area contributed by atoms with Gasteiger partial charge in [0.25, 0.3) is 11.8 Å². The van der Waals surface area contributed by atoms with Gasteiger partial charge in [-0.3, -0.25) is 10.3 Å². The van der Waals surface area contributed by atoms with E-state index in [1.807, 2.05) is 19.1 Å². The maximum absolute atomic E-state index is 13.2. The fourth-order valence-corrected chi connectivity index (χ4v) is 5.02. The zero-order valence-electron chi connectivity index (χ0n) is 16.8. The van der Waals surface area contributed by atoms with Crippen molar-refractivity contribution in [1.82, 2.24) is 10.3 Å². The normalized spacial score (nSPS) is 20.2. The second-order valence-corrected chi connectivity index (χ2v) is 9.01. The minimum Gasteiger partial charge on any atom is -0.351 e. The number of allylic oxidation sites excluding steroid dienone is 2. The molecule has 0 saturated carbocycles. The number of amidine groups is 1. The van der Waals surface area contributed by atoms with E-state index in [1.54, 1.807) is 54.9 Å². The Hall–Kier alpha value is -3.63. The predicted molar refractivity (Wildman–Crippen MR) is 117 cm³/mol. The first-order chi connectivity index (χ1) is 14.8. The van der Waals surface area contributed by atoms with Crippen LogP contribution in [0.4, 0.5) is 4.79 Å². The molecule has 2 amide bonds. The summed E-state index contributed by atoms with van der Waals surface area (Å²) in [5.41, 5.74) is 7.31. The average molecular weight is 438 g/mol. The molecule has 0 fully saturated rings. The molecule has 1 unspecified atom stereocenters. The number of nitrogens with two attached hydrogens (primary N) is 1. The van der Waals surface area contributed by atoms with Crippen LogP contribution in [0.5, 0.6) is 0 Å². The highest BCUT2D eigenvalue weighted by Gasteiger charge is 2.47. The highest BCUT2D eigenvalue weighted by atomic mass is 32.2. The molecule has 1 atom stereocenters. The van der Waals surface area contributed by atoms with Gasteiger partial charge in [-0.25, -0.2) is 13.2 Å². The predicted octanol–water partition coefficient (Wildman–Crippen LogP) is 2.02. The van der Waals surface area contributed by atoms with Crippen LogP contribution in [0.2, 0.25) is 0 Å². The van der Waals surface area contributed by atoms with E-state index in [4.69, 9.17) is 5.73 Å². The Labute approximate surface area is 179 Å². The minimum absolute atomic E-state index is 0.0380. The van der Waals surface area contributed by atoms with Crippen molar-refractivity contribution in [2.24, 2.45) is 15.8 Å². The Morgan fingerprint density at radius 2 is 1.90 bits per heavy atom. The Bertz CT molecular complexity index is 1250. The van der Waals surface area contributed by atoms with Crippen LogP contribution in [0, 0.1) is 0 Å². The number of primary amides is 1. The van der Waals surface area contributed by atoms with Crippen molar-refractivity contribution in [3.05, 3.63) is 78.3 Å². The zero-order valence-corrected chi connectivity index (χ0v) is 17.6. The van der Waals surface area contributed by atoms with Crippen LogP contribution in [0.15, 0.2) is 87.7 Å². The molecular formula is C21H21N6O3S+. The first kappa shape index (κ1) is 20.6. The van der Waals surface area contributed by atoms with Gasteiger partial charge in [0.2, 0.25) is 0 Å². The molecule has 0 bridgehead atoms. The number of pyridine rings is 1. The number of amides is 2. The molecule has 0 saturated heterocycles. The van der Waals surface area contributed by atoms with E-state index in [0.29, 0.717) is 18.1 Å². The van der Waals surface area contributed by atoms with Crippen molar-refractivity contribution in [1.29, 1.82) is 0 Å². The van der Waals surface area contributed by atoms with Gasteiger partial charge in [-0.1, -0.05) is 24.3 Å². The number of carbonyl (C=O) groups excluding carboxylic acids is 1. The third-order valence-electron chi connectivity index (χ3n) is 5.07. The lowest BCUT2D eigenvalue weighted by Gasteiger charge is -2.31. The molecule has 3 heterocycles. The number of aromatic nitrogens is 1. The van der Waals surface area contributed by atoms with E-state index < -0.39 is 15.9 Å². The number of carbonyl (C=O) groups is 1. The molecule has 4 rings (SSSR count). The maximum atomic E-state index is 13.2. The molecule has 0 aliphatic carbocycles. The van der Waals surface area contributed by atoms with Crippen LogP contribution in [0.1, 0.15) is 12.5 Å². The van der Waals surface area contributed by atoms with Crippen molar-refractivity contribution in [3.8, 4) is 0 Å². The van der Waals surface area contributed by atoms with E-state index in [1.165, 1.54) is 0 Å². The van der Waals surface area contributed by atoms with Gasteiger partial charge in [-0.05, 0) is 35.8 Å². The summed E-state index contributed by atoms with van der Waals surface area (Å²) in [6.45, 7) is 2.27. The number of nitrogens with one attached hydrogen (secondary N) is 1. The summed E-state index contributed by atoms with van der Waals surface area (Å²) in [6.07, 6.45) is 6.97. The molecule has 10 heteroatoms. The monoisotopic (exact) mass is 437 g/mol. The summed E-state index contributed by atoms with van der Waals surface area (Å²) in [7, 11) is -3.66. The number of fused-ring (bicyclic) bond motifs is 1. The first-order valence-corrected chi connectivity index (χ1v) is 11.2. The van der Waals surface area contributed by atoms with Crippen molar-refractivity contribution in [2.45, 2.75) is 11.8 Å². The fraction of sp³-hybridized carbons (Fsp3) is 0.143. The minimum atomic E-state index is -3.66. The van der Waals surface area contributed by atoms with Gasteiger partial charge in [0.1, 0.15) is 12.3 Å². The Kier molecular flexibility index (Phi) is 5.25. The number of hydrogen-bond donors (Lipinski definition) is 2. The third-order valence-corrected chi connectivity index (χ3v) is 6.74. The van der Waals surface area contributed by atoms with Crippen LogP contribution in [-0.2, 0) is 9.84 Å². The van der Waals surface area contributed by atoms with Gasteiger partial charge in [0.05, 0.1) is 4.90 Å². The number of benzene rings is 1. The molecule has 0 radical (unpaired) electrons. The Morgan fingerprint density at radius 3 is 2.55 bits per heavy atom. The summed E-state index contributed by atoms with van der Waals surface area (Å²) >= 11 is 0. The topological polar surface area (TPSA) is 127 Å². The van der Waals surface area contributed by atoms with Crippen molar-refractivity contribution < 1.29 is 17.8 Å².